The molecule has 0 spiro atoms. The fourth-order valence-corrected chi connectivity index (χ4v) is 3.33. The Morgan fingerprint density at radius 2 is 1.44 bits per heavy atom. The number of allylic oxidation sites excluding steroid dienone is 1. The predicted octanol–water partition coefficient (Wildman–Crippen LogP) is 5.61. The van der Waals surface area contributed by atoms with Crippen molar-refractivity contribution in [3.63, 3.8) is 0 Å². The number of aliphatic hydroxyl groups is 1. The quantitative estimate of drug-likeness (QED) is 0.159. The molecule has 0 aliphatic carbocycles. The Morgan fingerprint density at radius 1 is 0.902 bits per heavy atom. The van der Waals surface area contributed by atoms with Crippen molar-refractivity contribution in [3.05, 3.63) is 85.1 Å². The van der Waals surface area contributed by atoms with Gasteiger partial charge in [0.2, 0.25) is 6.41 Å². The average Bonchev–Trinajstić information content (AvgIpc) is 2.99. The number of hydrogen-bond donors (Lipinski definition) is 4. The summed E-state index contributed by atoms with van der Waals surface area (Å²) in [6.45, 7) is 7.06. The Kier molecular flexibility index (Phi) is 15.8. The Hall–Kier alpha value is -5.09. The van der Waals surface area contributed by atoms with Gasteiger partial charge in [0.25, 0.3) is 0 Å². The molecule has 218 valence electrons. The molecule has 0 radical (unpaired) electrons. The Bertz CT molecular complexity index is 1370. The molecule has 0 bridgehead atoms. The highest BCUT2D eigenvalue weighted by Gasteiger charge is 2.12. The maximum Gasteiger partial charge on any atom is 0.204 e. The number of pyridine rings is 1. The van der Waals surface area contributed by atoms with Gasteiger partial charge in [-0.1, -0.05) is 12.6 Å². The number of nitrogens with one attached hydrogen (secondary N) is 2. The van der Waals surface area contributed by atoms with E-state index in [1.165, 1.54) is 6.08 Å². The van der Waals surface area contributed by atoms with Gasteiger partial charge in [-0.3, -0.25) is 14.6 Å². The molecule has 4 aromatic rings. The van der Waals surface area contributed by atoms with Gasteiger partial charge < -0.3 is 35.7 Å². The molecule has 4 rings (SSSR count). The van der Waals surface area contributed by atoms with Crippen LogP contribution in [0.1, 0.15) is 12.5 Å². The second-order valence-corrected chi connectivity index (χ2v) is 7.89. The van der Waals surface area contributed by atoms with E-state index in [0.29, 0.717) is 23.5 Å². The van der Waals surface area contributed by atoms with Crippen molar-refractivity contribution in [2.75, 3.05) is 38.5 Å². The van der Waals surface area contributed by atoms with E-state index < -0.39 is 0 Å². The number of aldehydes is 1. The van der Waals surface area contributed by atoms with Crippen molar-refractivity contribution in [1.29, 1.82) is 0 Å². The number of hydrogen-bond acceptors (Lipinski definition) is 9. The van der Waals surface area contributed by atoms with Crippen LogP contribution in [0.5, 0.6) is 23.0 Å². The minimum Gasteiger partial charge on any atom is -0.493 e. The fraction of sp³-hybridized carbons (Fsp3) is 0.194. The number of aromatic nitrogens is 1. The lowest BCUT2D eigenvalue weighted by Crippen LogP contribution is -1.95. The molecule has 1 aromatic heterocycles. The number of carbonyl (C=O) groups excluding carboxylic acids is 2. The molecule has 0 saturated heterocycles. The standard InChI is InChI=1S/C25H25N3O3.C3H4O.C2H6O.CH3NO/c1-16-5-6-19(28-18-9-7-17(26-2)8-10-18)13-23(16)31-22-11-12-27-21-15-25(30-4)24(29-3)14-20(21)22;1-2-3-4;1-2-3;2-1-3/h5-15,26,28H,1-4H3;2-3H,1H2;3H,2H2,1H3;1H,(H2,2,3). The lowest BCUT2D eigenvalue weighted by molar-refractivity contribution is -0.107. The first kappa shape index (κ1) is 33.9. The van der Waals surface area contributed by atoms with Crippen molar-refractivity contribution in [2.45, 2.75) is 13.8 Å². The van der Waals surface area contributed by atoms with Crippen molar-refractivity contribution < 1.29 is 28.9 Å². The number of aryl methyl sites for hydroxylation is 1. The van der Waals surface area contributed by atoms with E-state index >= 15 is 0 Å². The molecular formula is C31H38N4O6. The summed E-state index contributed by atoms with van der Waals surface area (Å²) in [5, 5.41) is 15.0. The molecule has 0 saturated carbocycles. The zero-order chi connectivity index (χ0) is 30.6. The maximum absolute atomic E-state index is 9.06. The molecule has 0 aliphatic heterocycles. The number of nitrogens with zero attached hydrogens (tertiary/aromatic N) is 1. The van der Waals surface area contributed by atoms with E-state index in [9.17, 15) is 0 Å². The second-order valence-electron chi connectivity index (χ2n) is 7.89. The summed E-state index contributed by atoms with van der Waals surface area (Å²) in [6, 6.07) is 19.8. The van der Waals surface area contributed by atoms with Gasteiger partial charge in [-0.05, 0) is 68.0 Å². The second kappa shape index (κ2) is 19.0. The molecular weight excluding hydrogens is 524 g/mol. The molecule has 5 N–H and O–H groups in total. The number of rotatable bonds is 8. The predicted molar refractivity (Wildman–Crippen MR) is 165 cm³/mol. The number of anilines is 3. The van der Waals surface area contributed by atoms with Gasteiger partial charge in [-0.15, -0.1) is 0 Å². The molecule has 3 aromatic carbocycles. The van der Waals surface area contributed by atoms with Gasteiger partial charge in [0.05, 0.1) is 19.7 Å². The summed E-state index contributed by atoms with van der Waals surface area (Å²) in [5.41, 5.74) is 8.97. The van der Waals surface area contributed by atoms with Crippen molar-refractivity contribution in [3.8, 4) is 23.0 Å². The van der Waals surface area contributed by atoms with Gasteiger partial charge in [-0.25, -0.2) is 0 Å². The van der Waals surface area contributed by atoms with Crippen molar-refractivity contribution >= 4 is 40.7 Å². The van der Waals surface area contributed by atoms with E-state index in [4.69, 9.17) is 28.9 Å². The minimum absolute atomic E-state index is 0.250. The number of ether oxygens (including phenoxy) is 3. The van der Waals surface area contributed by atoms with Crippen LogP contribution >= 0.6 is 0 Å². The number of primary amides is 1. The van der Waals surface area contributed by atoms with E-state index in [2.05, 4.69) is 27.9 Å². The van der Waals surface area contributed by atoms with E-state index in [0.717, 1.165) is 39.3 Å². The van der Waals surface area contributed by atoms with Crippen LogP contribution in [-0.4, -0.2) is 50.7 Å². The molecule has 10 heteroatoms. The minimum atomic E-state index is 0.250. The monoisotopic (exact) mass is 562 g/mol. The first-order valence-corrected chi connectivity index (χ1v) is 12.5. The van der Waals surface area contributed by atoms with Gasteiger partial charge in [0, 0.05) is 54.4 Å². The van der Waals surface area contributed by atoms with Crippen LogP contribution in [0.3, 0.4) is 0 Å². The molecule has 0 fully saturated rings. The van der Waals surface area contributed by atoms with Crippen LogP contribution in [0.15, 0.2) is 79.5 Å². The molecule has 41 heavy (non-hydrogen) atoms. The van der Waals surface area contributed by atoms with E-state index in [-0.39, 0.29) is 13.0 Å². The third kappa shape index (κ3) is 10.9. The fourth-order valence-electron chi connectivity index (χ4n) is 3.33. The smallest absolute Gasteiger partial charge is 0.204 e. The van der Waals surface area contributed by atoms with Crippen LogP contribution in [0.25, 0.3) is 10.9 Å². The Balaban J connectivity index is 0.000000735. The summed E-state index contributed by atoms with van der Waals surface area (Å²) in [4.78, 5) is 22.1. The molecule has 1 amide bonds. The zero-order valence-electron chi connectivity index (χ0n) is 24.0. The lowest BCUT2D eigenvalue weighted by atomic mass is 10.1. The number of nitrogens with two attached hydrogens (primary N) is 1. The van der Waals surface area contributed by atoms with Crippen LogP contribution in [0.2, 0.25) is 0 Å². The molecule has 1 heterocycles. The Labute approximate surface area is 240 Å². The van der Waals surface area contributed by atoms with E-state index in [1.54, 1.807) is 27.3 Å². The number of aliphatic hydroxyl groups excluding tert-OH is 1. The normalized spacial score (nSPS) is 9.22. The van der Waals surface area contributed by atoms with Gasteiger partial charge in [0.15, 0.2) is 11.5 Å². The Morgan fingerprint density at radius 3 is 1.98 bits per heavy atom. The number of methoxy groups -OCH3 is 2. The summed E-state index contributed by atoms with van der Waals surface area (Å²) < 4.78 is 17.2. The molecule has 0 unspecified atom stereocenters. The lowest BCUT2D eigenvalue weighted by Gasteiger charge is -2.15. The van der Waals surface area contributed by atoms with Crippen LogP contribution < -0.4 is 30.6 Å². The number of fused-ring (bicyclic) bond motifs is 1. The van der Waals surface area contributed by atoms with Crippen LogP contribution in [0, 0.1) is 6.92 Å². The first-order chi connectivity index (χ1) is 19.8. The number of benzene rings is 3. The van der Waals surface area contributed by atoms with Crippen molar-refractivity contribution in [1.82, 2.24) is 4.98 Å². The van der Waals surface area contributed by atoms with Gasteiger partial charge in [0.1, 0.15) is 17.8 Å². The number of carbonyl (C=O) groups is 2. The van der Waals surface area contributed by atoms with Gasteiger partial charge in [-0.2, -0.15) is 0 Å². The summed E-state index contributed by atoms with van der Waals surface area (Å²) in [7, 11) is 5.13. The van der Waals surface area contributed by atoms with Crippen LogP contribution in [-0.2, 0) is 9.59 Å². The summed E-state index contributed by atoms with van der Waals surface area (Å²) in [5.74, 6) is 2.72. The molecule has 0 atom stereocenters. The largest absolute Gasteiger partial charge is 0.493 e. The third-order valence-electron chi connectivity index (χ3n) is 5.17. The molecule has 0 aliphatic rings. The first-order valence-electron chi connectivity index (χ1n) is 12.5. The third-order valence-corrected chi connectivity index (χ3v) is 5.17. The van der Waals surface area contributed by atoms with Crippen LogP contribution in [0.4, 0.5) is 17.1 Å². The average molecular weight is 563 g/mol. The highest BCUT2D eigenvalue weighted by molar-refractivity contribution is 5.88. The summed E-state index contributed by atoms with van der Waals surface area (Å²) >= 11 is 0. The highest BCUT2D eigenvalue weighted by Crippen LogP contribution is 2.38. The van der Waals surface area contributed by atoms with E-state index in [1.807, 2.05) is 74.6 Å². The number of amides is 1. The topological polar surface area (TPSA) is 145 Å². The highest BCUT2D eigenvalue weighted by atomic mass is 16.5. The zero-order valence-corrected chi connectivity index (χ0v) is 24.0. The SMILES string of the molecule is C=CC=O.CCO.CNc1ccc(Nc2ccc(C)c(Oc3ccnc4cc(OC)c(OC)cc34)c2)cc1.NC=O. The van der Waals surface area contributed by atoms with Crippen molar-refractivity contribution in [2.24, 2.45) is 5.73 Å². The van der Waals surface area contributed by atoms with Gasteiger partial charge >= 0.3 is 0 Å². The molecule has 10 nitrogen and oxygen atoms in total. The maximum atomic E-state index is 9.06. The summed E-state index contributed by atoms with van der Waals surface area (Å²) in [6.07, 6.45) is 3.81.